The molecule has 0 aromatic heterocycles. The van der Waals surface area contributed by atoms with Crippen molar-refractivity contribution in [2.75, 3.05) is 0 Å². The van der Waals surface area contributed by atoms with E-state index < -0.39 is 4.92 Å². The zero-order valence-electron chi connectivity index (χ0n) is 3.75. The molecule has 1 N–H and O–H groups in total. The second-order valence-electron chi connectivity index (χ2n) is 1.11. The Kier molecular flexibility index (Phi) is 1.13. The number of hydrogen-bond donors (Lipinski definition) is 1. The first-order chi connectivity index (χ1) is 3.80. The van der Waals surface area contributed by atoms with Crippen LogP contribution in [0.2, 0.25) is 0 Å². The van der Waals surface area contributed by atoms with Gasteiger partial charge in [0, 0.05) is 0 Å². The van der Waals surface area contributed by atoms with Gasteiger partial charge in [0.15, 0.2) is 0 Å². The summed E-state index contributed by atoms with van der Waals surface area (Å²) in [4.78, 5) is 13.3. The highest BCUT2D eigenvalue weighted by molar-refractivity contribution is 4.97. The molecule has 8 heavy (non-hydrogen) atoms. The smallest absolute Gasteiger partial charge is 0.345 e. The molecule has 0 aliphatic carbocycles. The van der Waals surface area contributed by atoms with E-state index in [-0.39, 0.29) is 5.82 Å². The fourth-order valence-corrected chi connectivity index (χ4v) is 0.286. The third kappa shape index (κ3) is 0.760. The minimum Gasteiger partial charge on any atom is -0.358 e. The summed E-state index contributed by atoms with van der Waals surface area (Å²) in [6, 6.07) is 0. The summed E-state index contributed by atoms with van der Waals surface area (Å²) in [7, 11) is 0. The zero-order chi connectivity index (χ0) is 5.98. The molecule has 5 heteroatoms. The Bertz CT molecular complexity index is 141. The van der Waals surface area contributed by atoms with Gasteiger partial charge in [-0.1, -0.05) is 0 Å². The van der Waals surface area contributed by atoms with Crippen LogP contribution in [-0.4, -0.2) is 4.92 Å². The molecule has 42 valence electrons. The molecule has 1 rings (SSSR count). The van der Waals surface area contributed by atoms with Crippen molar-refractivity contribution in [3.8, 4) is 0 Å². The van der Waals surface area contributed by atoms with Crippen LogP contribution in [0.15, 0.2) is 11.9 Å². The second-order valence-corrected chi connectivity index (χ2v) is 1.11. The monoisotopic (exact) mass is 114 g/mol. The Morgan fingerprint density at radius 3 is 3.00 bits per heavy atom. The van der Waals surface area contributed by atoms with Gasteiger partial charge in [-0.25, -0.2) is 0 Å². The lowest BCUT2D eigenvalue weighted by molar-refractivity contribution is -0.436. The number of hydroxylamine groups is 1. The fraction of sp³-hybridized carbons (Fsp3) is 0. The minimum atomic E-state index is -0.597. The first-order valence-electron chi connectivity index (χ1n) is 1.82. The third-order valence-corrected chi connectivity index (χ3v) is 0.607. The van der Waals surface area contributed by atoms with Crippen molar-refractivity contribution in [3.63, 3.8) is 0 Å². The van der Waals surface area contributed by atoms with Gasteiger partial charge < -0.3 is 10.1 Å². The molecule has 0 saturated heterocycles. The van der Waals surface area contributed by atoms with Gasteiger partial charge in [-0.15, -0.1) is 5.48 Å². The van der Waals surface area contributed by atoms with Crippen LogP contribution in [-0.2, 0) is 4.84 Å². The van der Waals surface area contributed by atoms with Gasteiger partial charge >= 0.3 is 5.82 Å². The Morgan fingerprint density at radius 1 is 2.00 bits per heavy atom. The van der Waals surface area contributed by atoms with Gasteiger partial charge in [0.05, 0.1) is 6.08 Å². The number of nitrogens with zero attached hydrogens (tertiary/aromatic N) is 1. The first kappa shape index (κ1) is 5.04. The largest absolute Gasteiger partial charge is 0.358 e. The maximum absolute atomic E-state index is 9.76. The lowest BCUT2D eigenvalue weighted by Crippen LogP contribution is -2.12. The quantitative estimate of drug-likeness (QED) is 0.374. The summed E-state index contributed by atoms with van der Waals surface area (Å²) in [5.41, 5.74) is 2.01. The minimum absolute atomic E-state index is 0.190. The molecular formula is C3H2N2O3. The third-order valence-electron chi connectivity index (χ3n) is 0.607. The van der Waals surface area contributed by atoms with Gasteiger partial charge in [-0.2, -0.15) is 4.84 Å². The molecule has 0 aromatic carbocycles. The second kappa shape index (κ2) is 1.79. The molecule has 5 nitrogen and oxygen atoms in total. The predicted molar refractivity (Wildman–Crippen MR) is 22.5 cm³/mol. The average Bonchev–Trinajstić information content (AvgIpc) is 2.12. The van der Waals surface area contributed by atoms with Gasteiger partial charge in [0.1, 0.15) is 0 Å². The van der Waals surface area contributed by atoms with Gasteiger partial charge in [-0.3, -0.25) is 0 Å². The maximum atomic E-state index is 9.76. The number of rotatable bonds is 1. The van der Waals surface area contributed by atoms with E-state index in [1.165, 1.54) is 0 Å². The normalized spacial score (nSPS) is 17.2. The zero-order valence-corrected chi connectivity index (χ0v) is 3.75. The van der Waals surface area contributed by atoms with E-state index in [0.717, 1.165) is 6.08 Å². The van der Waals surface area contributed by atoms with E-state index in [9.17, 15) is 10.1 Å². The molecule has 0 aromatic rings. The van der Waals surface area contributed by atoms with Crippen molar-refractivity contribution in [1.82, 2.24) is 5.48 Å². The molecule has 1 aliphatic rings. The van der Waals surface area contributed by atoms with Crippen molar-refractivity contribution < 1.29 is 9.76 Å². The molecule has 0 atom stereocenters. The van der Waals surface area contributed by atoms with Crippen LogP contribution in [0, 0.1) is 16.7 Å². The lowest BCUT2D eigenvalue weighted by atomic mass is 10.6. The average molecular weight is 114 g/mol. The molecule has 0 unspecified atom stereocenters. The van der Waals surface area contributed by atoms with Crippen LogP contribution in [0.25, 0.3) is 0 Å². The molecule has 0 amide bonds. The maximum Gasteiger partial charge on any atom is 0.345 e. The summed E-state index contributed by atoms with van der Waals surface area (Å²) in [5.74, 6) is -0.190. The van der Waals surface area contributed by atoms with Crippen LogP contribution in [0.5, 0.6) is 0 Å². The molecule has 1 aliphatic heterocycles. The molecule has 0 spiro atoms. The summed E-state index contributed by atoms with van der Waals surface area (Å²) in [6.07, 6.45) is 1.11. The Balaban J connectivity index is 2.57. The Hall–Kier alpha value is -1.10. The first-order valence-corrected chi connectivity index (χ1v) is 1.82. The van der Waals surface area contributed by atoms with Crippen molar-refractivity contribution >= 4 is 0 Å². The summed E-state index contributed by atoms with van der Waals surface area (Å²) in [6.45, 7) is 2.14. The molecule has 0 fully saturated rings. The van der Waals surface area contributed by atoms with E-state index in [4.69, 9.17) is 0 Å². The van der Waals surface area contributed by atoms with Crippen LogP contribution < -0.4 is 5.48 Å². The lowest BCUT2D eigenvalue weighted by Gasteiger charge is -1.89. The van der Waals surface area contributed by atoms with E-state index in [1.54, 1.807) is 0 Å². The standard InChI is InChI=1S/C3H2N2O3/c6-5(7)3-1-2-8-4-3/h1,4H. The van der Waals surface area contributed by atoms with E-state index in [1.807, 2.05) is 5.48 Å². The molecule has 1 heterocycles. The Morgan fingerprint density at radius 2 is 2.75 bits per heavy atom. The number of hydrogen-bond acceptors (Lipinski definition) is 4. The number of nitro groups is 1. The Labute approximate surface area is 45.0 Å². The van der Waals surface area contributed by atoms with Crippen molar-refractivity contribution in [1.29, 1.82) is 0 Å². The summed E-state index contributed by atoms with van der Waals surface area (Å²) >= 11 is 0. The fourth-order valence-electron chi connectivity index (χ4n) is 0.286. The highest BCUT2D eigenvalue weighted by Gasteiger charge is 2.14. The summed E-state index contributed by atoms with van der Waals surface area (Å²) in [5, 5.41) is 9.76. The molecule has 2 radical (unpaired) electrons. The number of nitrogens with one attached hydrogen (secondary N) is 1. The highest BCUT2D eigenvalue weighted by Crippen LogP contribution is 1.99. The molecule has 0 bridgehead atoms. The van der Waals surface area contributed by atoms with E-state index in [2.05, 4.69) is 11.4 Å². The van der Waals surface area contributed by atoms with Gasteiger partial charge in [-0.05, 0) is 4.92 Å². The highest BCUT2D eigenvalue weighted by atomic mass is 16.7. The molecule has 0 saturated carbocycles. The van der Waals surface area contributed by atoms with Crippen molar-refractivity contribution in [3.05, 3.63) is 28.6 Å². The molecular weight excluding hydrogens is 112 g/mol. The SMILES string of the molecule is O=[N+]([O-])C1=C[C]ON1. The van der Waals surface area contributed by atoms with Crippen LogP contribution in [0.3, 0.4) is 0 Å². The van der Waals surface area contributed by atoms with Gasteiger partial charge in [0.2, 0.25) is 6.61 Å². The van der Waals surface area contributed by atoms with Crippen LogP contribution >= 0.6 is 0 Å². The topological polar surface area (TPSA) is 64.4 Å². The van der Waals surface area contributed by atoms with Gasteiger partial charge in [0.25, 0.3) is 0 Å². The van der Waals surface area contributed by atoms with E-state index in [0.29, 0.717) is 0 Å². The van der Waals surface area contributed by atoms with E-state index >= 15 is 0 Å². The van der Waals surface area contributed by atoms with Crippen LogP contribution in [0.4, 0.5) is 0 Å². The predicted octanol–water partition coefficient (Wildman–Crippen LogP) is -0.322. The van der Waals surface area contributed by atoms with Crippen LogP contribution in [0.1, 0.15) is 0 Å². The summed E-state index contributed by atoms with van der Waals surface area (Å²) < 4.78 is 0. The van der Waals surface area contributed by atoms with Crippen molar-refractivity contribution in [2.45, 2.75) is 0 Å². The van der Waals surface area contributed by atoms with Crippen molar-refractivity contribution in [2.24, 2.45) is 0 Å².